The minimum Gasteiger partial charge on any atom is -0.374 e. The van der Waals surface area contributed by atoms with E-state index in [1.165, 1.54) is 6.07 Å². The van der Waals surface area contributed by atoms with Gasteiger partial charge in [0.05, 0.1) is 19.4 Å². The summed E-state index contributed by atoms with van der Waals surface area (Å²) in [7, 11) is -4.95. The van der Waals surface area contributed by atoms with Gasteiger partial charge in [-0.1, -0.05) is 61.5 Å². The number of carbonyl (C=O) groups is 3. The molecule has 3 aromatic rings. The van der Waals surface area contributed by atoms with Crippen LogP contribution in [0, 0.1) is 18.8 Å². The largest absolute Gasteiger partial charge is 0.374 e. The number of hydrogen-bond donors (Lipinski definition) is 6. The van der Waals surface area contributed by atoms with E-state index in [4.69, 9.17) is 9.26 Å². The van der Waals surface area contributed by atoms with Gasteiger partial charge in [0, 0.05) is 12.5 Å². The van der Waals surface area contributed by atoms with Crippen molar-refractivity contribution >= 4 is 38.6 Å². The number of benzene rings is 2. The smallest absolute Gasteiger partial charge is 0.294 e. The summed E-state index contributed by atoms with van der Waals surface area (Å²) in [5.41, 5.74) is -1.54. The summed E-state index contributed by atoms with van der Waals surface area (Å²) in [5.74, 6) is -1.96. The molecule has 0 bridgehead atoms. The molecule has 5 atom stereocenters. The first-order chi connectivity index (χ1) is 22.8. The molecule has 3 amide bonds. The average molecular weight is 688 g/mol. The lowest BCUT2D eigenvalue weighted by Crippen LogP contribution is -2.57. The van der Waals surface area contributed by atoms with Gasteiger partial charge in [-0.25, -0.2) is 0 Å². The topological polar surface area (TPSA) is 209 Å². The van der Waals surface area contributed by atoms with Crippen LogP contribution in [0.3, 0.4) is 0 Å². The molecule has 2 aromatic carbocycles. The van der Waals surface area contributed by atoms with Crippen molar-refractivity contribution in [3.8, 4) is 0 Å². The van der Waals surface area contributed by atoms with Crippen molar-refractivity contribution in [2.45, 2.75) is 76.4 Å². The van der Waals surface area contributed by atoms with Gasteiger partial charge in [0.2, 0.25) is 17.3 Å². The molecule has 0 spiro atoms. The first-order valence-electron chi connectivity index (χ1n) is 16.1. The number of hydrogen-bond acceptors (Lipinski definition) is 10. The molecule has 1 aromatic heterocycles. The van der Waals surface area contributed by atoms with Crippen LogP contribution in [0.5, 0.6) is 0 Å². The normalized spacial score (nSPS) is 18.2. The molecule has 1 aliphatic heterocycles. The molecule has 48 heavy (non-hydrogen) atoms. The Hall–Kier alpha value is -3.89. The molecule has 4 rings (SSSR count). The van der Waals surface area contributed by atoms with Gasteiger partial charge in [-0.2, -0.15) is 8.42 Å². The van der Waals surface area contributed by atoms with Crippen molar-refractivity contribution in [3.63, 3.8) is 0 Å². The van der Waals surface area contributed by atoms with Gasteiger partial charge in [-0.15, -0.1) is 0 Å². The van der Waals surface area contributed by atoms with Crippen molar-refractivity contribution in [1.82, 2.24) is 26.4 Å². The van der Waals surface area contributed by atoms with Gasteiger partial charge in [-0.3, -0.25) is 24.3 Å². The number of carbonyl (C=O) groups excluding carboxylic acids is 3. The van der Waals surface area contributed by atoms with E-state index in [0.717, 1.165) is 22.8 Å². The molecule has 0 aliphatic carbocycles. The fourth-order valence-electron chi connectivity index (χ4n) is 5.83. The molecule has 0 radical (unpaired) electrons. The number of nitrogens with zero attached hydrogens (tertiary/aromatic N) is 1. The Balaban J connectivity index is 1.58. The van der Waals surface area contributed by atoms with Gasteiger partial charge in [0.25, 0.3) is 16.0 Å². The van der Waals surface area contributed by atoms with Crippen LogP contribution in [0.1, 0.15) is 61.3 Å². The summed E-state index contributed by atoms with van der Waals surface area (Å²) in [6, 6.07) is 11.0. The lowest BCUT2D eigenvalue weighted by atomic mass is 9.94. The highest BCUT2D eigenvalue weighted by molar-refractivity contribution is 7.86. The van der Waals surface area contributed by atoms with E-state index in [2.05, 4.69) is 26.4 Å². The Morgan fingerprint density at radius 2 is 1.77 bits per heavy atom. The minimum atomic E-state index is -4.95. The number of aliphatic hydroxyl groups is 1. The lowest BCUT2D eigenvalue weighted by Gasteiger charge is -2.30. The zero-order valence-corrected chi connectivity index (χ0v) is 28.2. The van der Waals surface area contributed by atoms with Gasteiger partial charge in [-0.05, 0) is 67.3 Å². The molecule has 1 saturated heterocycles. The Labute approximate surface area is 280 Å². The third kappa shape index (κ3) is 10.6. The van der Waals surface area contributed by atoms with Crippen LogP contribution in [-0.2, 0) is 30.9 Å². The predicted molar refractivity (Wildman–Crippen MR) is 177 cm³/mol. The maximum absolute atomic E-state index is 14.0. The number of rotatable bonds is 14. The van der Waals surface area contributed by atoms with Crippen molar-refractivity contribution in [2.75, 3.05) is 19.9 Å². The van der Waals surface area contributed by atoms with Crippen LogP contribution >= 0.6 is 0 Å². The number of aryl methyl sites for hydroxylation is 1. The van der Waals surface area contributed by atoms with Crippen LogP contribution < -0.4 is 21.3 Å². The maximum atomic E-state index is 14.0. The van der Waals surface area contributed by atoms with Crippen LogP contribution in [-0.4, -0.2) is 84.4 Å². The Morgan fingerprint density at radius 3 is 2.48 bits per heavy atom. The van der Waals surface area contributed by atoms with E-state index in [9.17, 15) is 32.5 Å². The van der Waals surface area contributed by atoms with E-state index in [1.807, 2.05) is 56.3 Å². The summed E-state index contributed by atoms with van der Waals surface area (Å²) in [4.78, 5) is 40.9. The number of amides is 3. The second kappa shape index (κ2) is 17.0. The molecule has 1 fully saturated rings. The van der Waals surface area contributed by atoms with Crippen molar-refractivity contribution < 1.29 is 41.7 Å². The number of aromatic nitrogens is 1. The van der Waals surface area contributed by atoms with E-state index in [0.29, 0.717) is 25.5 Å². The van der Waals surface area contributed by atoms with Gasteiger partial charge >= 0.3 is 0 Å². The number of fused-ring (bicyclic) bond motifs is 1. The summed E-state index contributed by atoms with van der Waals surface area (Å²) >= 11 is 0. The lowest BCUT2D eigenvalue weighted by molar-refractivity contribution is -0.131. The minimum absolute atomic E-state index is 0.00588. The highest BCUT2D eigenvalue weighted by Gasteiger charge is 2.36. The fraction of sp³-hybridized carbons (Fsp3) is 0.515. The fourth-order valence-corrected chi connectivity index (χ4v) is 6.43. The highest BCUT2D eigenvalue weighted by Crippen LogP contribution is 2.22. The van der Waals surface area contributed by atoms with Crippen LogP contribution in [0.4, 0.5) is 0 Å². The zero-order chi connectivity index (χ0) is 34.8. The third-order valence-corrected chi connectivity index (χ3v) is 9.15. The SMILES string of the molecule is Cc1cc(C(=O)N[C@H](Cc2cccc3ccccc23)C(=O)N[C@@H](CC(C)C)C(=O)N[C@H](C[C@@H]2CCCNCOC2)C(O)S(=O)(=O)O)no1. The van der Waals surface area contributed by atoms with Gasteiger partial charge in [0.1, 0.15) is 17.8 Å². The molecule has 14 nitrogen and oxygen atoms in total. The molecule has 1 unspecified atom stereocenters. The molecule has 262 valence electrons. The van der Waals surface area contributed by atoms with Crippen LogP contribution in [0.2, 0.25) is 0 Å². The highest BCUT2D eigenvalue weighted by atomic mass is 32.2. The Kier molecular flexibility index (Phi) is 13.1. The second-order valence-electron chi connectivity index (χ2n) is 12.7. The van der Waals surface area contributed by atoms with E-state index >= 15 is 0 Å². The first-order valence-corrected chi connectivity index (χ1v) is 17.6. The summed E-state index contributed by atoms with van der Waals surface area (Å²) in [6.45, 7) is 6.57. The molecule has 2 heterocycles. The maximum Gasteiger partial charge on any atom is 0.294 e. The molecular formula is C33H45N5O9S. The van der Waals surface area contributed by atoms with E-state index < -0.39 is 51.4 Å². The summed E-state index contributed by atoms with van der Waals surface area (Å²) in [6.07, 6.45) is 1.63. The van der Waals surface area contributed by atoms with Crippen molar-refractivity contribution in [2.24, 2.45) is 11.8 Å². The molecular weight excluding hydrogens is 642 g/mol. The van der Waals surface area contributed by atoms with E-state index in [-0.39, 0.29) is 43.4 Å². The number of aliphatic hydroxyl groups excluding tert-OH is 1. The summed E-state index contributed by atoms with van der Waals surface area (Å²) in [5, 5.41) is 27.3. The second-order valence-corrected chi connectivity index (χ2v) is 14.2. The molecule has 15 heteroatoms. The van der Waals surface area contributed by atoms with Crippen molar-refractivity contribution in [3.05, 3.63) is 65.5 Å². The Bertz CT molecular complexity index is 1650. The molecule has 0 saturated carbocycles. The number of nitrogens with one attached hydrogen (secondary N) is 4. The van der Waals surface area contributed by atoms with Crippen LogP contribution in [0.15, 0.2) is 53.1 Å². The van der Waals surface area contributed by atoms with Crippen molar-refractivity contribution in [1.29, 1.82) is 0 Å². The Morgan fingerprint density at radius 1 is 1.04 bits per heavy atom. The molecule has 6 N–H and O–H groups in total. The number of ether oxygens (including phenoxy) is 1. The summed E-state index contributed by atoms with van der Waals surface area (Å²) < 4.78 is 44.3. The standard InChI is InChI=1S/C33H45N5O9S/c1-20(2)14-26(30(39)37-29(33(42)48(43,44)45)16-22-8-7-13-34-19-46-18-22)35-31(40)27(36-32(41)28-15-21(3)47-38-28)17-24-11-6-10-23-9-4-5-12-25(23)24/h4-6,9-12,15,20,22,26-27,29,33-34,42H,7-8,13-14,16-19H2,1-3H3,(H,35,40)(H,36,41)(H,37,39)(H,43,44,45)/t22-,26-,27+,29+,33?/m0/s1. The van der Waals surface area contributed by atoms with Gasteiger partial charge < -0.3 is 30.3 Å². The first kappa shape index (κ1) is 36.9. The quantitative estimate of drug-likeness (QED) is 0.135. The third-order valence-electron chi connectivity index (χ3n) is 8.21. The van der Waals surface area contributed by atoms with E-state index in [1.54, 1.807) is 6.92 Å². The average Bonchev–Trinajstić information content (AvgIpc) is 3.46. The monoisotopic (exact) mass is 687 g/mol. The molecule has 1 aliphatic rings. The van der Waals surface area contributed by atoms with Gasteiger partial charge in [0.15, 0.2) is 5.69 Å². The van der Waals surface area contributed by atoms with Crippen LogP contribution in [0.25, 0.3) is 10.8 Å². The zero-order valence-electron chi connectivity index (χ0n) is 27.3. The predicted octanol–water partition coefficient (Wildman–Crippen LogP) is 2.06.